The van der Waals surface area contributed by atoms with E-state index in [0.29, 0.717) is 12.8 Å². The first kappa shape index (κ1) is 21.3. The molecule has 1 N–H and O–H groups in total. The van der Waals surface area contributed by atoms with Crippen molar-refractivity contribution in [2.45, 2.75) is 71.6 Å². The van der Waals surface area contributed by atoms with Gasteiger partial charge in [0.25, 0.3) is 0 Å². The number of aromatic nitrogens is 2. The van der Waals surface area contributed by atoms with Gasteiger partial charge in [0.05, 0.1) is 11.0 Å². The maximum Gasteiger partial charge on any atom is 0.303 e. The molecule has 0 aliphatic carbocycles. The molecule has 27 heavy (non-hydrogen) atoms. The van der Waals surface area contributed by atoms with Crippen LogP contribution >= 0.6 is 0 Å². The highest BCUT2D eigenvalue weighted by molar-refractivity contribution is 5.80. The lowest BCUT2D eigenvalue weighted by Gasteiger charge is -2.25. The van der Waals surface area contributed by atoms with Crippen LogP contribution in [0.25, 0.3) is 11.0 Å². The summed E-state index contributed by atoms with van der Waals surface area (Å²) < 4.78 is 2.10. The number of hydrogen-bond acceptors (Lipinski definition) is 3. The Morgan fingerprint density at radius 3 is 2.33 bits per heavy atom. The Hall–Kier alpha value is -2.04. The first-order chi connectivity index (χ1) is 13.1. The molecule has 0 amide bonds. The van der Waals surface area contributed by atoms with Gasteiger partial charge in [-0.3, -0.25) is 4.79 Å². The average molecular weight is 374 g/mol. The molecule has 0 radical (unpaired) electrons. The number of aliphatic carboxylic acids is 1. The van der Waals surface area contributed by atoms with Gasteiger partial charge in [0.15, 0.2) is 0 Å². The number of carboxylic acid groups (broad SMARTS) is 1. The van der Waals surface area contributed by atoms with Crippen molar-refractivity contribution in [3.8, 4) is 0 Å². The average Bonchev–Trinajstić information content (AvgIpc) is 2.96. The Kier molecular flexibility index (Phi) is 8.62. The highest BCUT2D eigenvalue weighted by atomic mass is 16.4. The zero-order valence-corrected chi connectivity index (χ0v) is 17.2. The zero-order chi connectivity index (χ0) is 19.6. The number of carboxylic acids is 1. The Balaban J connectivity index is 2.16. The summed E-state index contributed by atoms with van der Waals surface area (Å²) in [6.45, 7) is 6.68. The molecular formula is C22H35N3O2. The molecule has 150 valence electrons. The van der Waals surface area contributed by atoms with E-state index in [-0.39, 0.29) is 6.42 Å². The van der Waals surface area contributed by atoms with Crippen molar-refractivity contribution in [3.63, 3.8) is 0 Å². The van der Waals surface area contributed by atoms with Gasteiger partial charge in [0, 0.05) is 38.7 Å². The molecule has 0 spiro atoms. The van der Waals surface area contributed by atoms with Crippen LogP contribution in [0.15, 0.2) is 18.2 Å². The predicted octanol–water partition coefficient (Wildman–Crippen LogP) is 5.17. The lowest BCUT2D eigenvalue weighted by Crippen LogP contribution is -2.25. The normalized spacial score (nSPS) is 11.2. The number of carbonyl (C=O) groups is 1. The Morgan fingerprint density at radius 2 is 1.74 bits per heavy atom. The van der Waals surface area contributed by atoms with Gasteiger partial charge in [-0.25, -0.2) is 4.98 Å². The third kappa shape index (κ3) is 6.26. The van der Waals surface area contributed by atoms with Crippen molar-refractivity contribution in [2.75, 3.05) is 18.0 Å². The number of hydrogen-bond donors (Lipinski definition) is 1. The van der Waals surface area contributed by atoms with Crippen LogP contribution in [0.3, 0.4) is 0 Å². The summed E-state index contributed by atoms with van der Waals surface area (Å²) in [6, 6.07) is 6.57. The number of rotatable bonds is 13. The van der Waals surface area contributed by atoms with Gasteiger partial charge < -0.3 is 14.6 Å². The highest BCUT2D eigenvalue weighted by Crippen LogP contribution is 2.24. The smallest absolute Gasteiger partial charge is 0.303 e. The molecule has 0 saturated heterocycles. The Morgan fingerprint density at radius 1 is 1.07 bits per heavy atom. The van der Waals surface area contributed by atoms with Gasteiger partial charge in [0.2, 0.25) is 0 Å². The van der Waals surface area contributed by atoms with Crippen LogP contribution in [-0.4, -0.2) is 33.7 Å². The molecular weight excluding hydrogens is 338 g/mol. The maximum absolute atomic E-state index is 10.7. The van der Waals surface area contributed by atoms with Crippen LogP contribution in [0.4, 0.5) is 5.69 Å². The fourth-order valence-corrected chi connectivity index (χ4v) is 3.53. The predicted molar refractivity (Wildman–Crippen MR) is 113 cm³/mol. The third-order valence-electron chi connectivity index (χ3n) is 5.18. The standard InChI is InChI=1S/C22H35N3O2/c1-4-6-8-15-25(16-9-7-5-2)18-13-14-20-19(17-18)23-21(24(20)3)11-10-12-22(26)27/h13-14,17H,4-12,15-16H2,1-3H3,(H,26,27). The molecule has 1 heterocycles. The van der Waals surface area contributed by atoms with Crippen LogP contribution < -0.4 is 4.90 Å². The molecule has 0 unspecified atom stereocenters. The molecule has 0 fully saturated rings. The Labute approximate surface area is 163 Å². The molecule has 0 atom stereocenters. The summed E-state index contributed by atoms with van der Waals surface area (Å²) in [5.74, 6) is 0.220. The number of anilines is 1. The molecule has 0 aliphatic rings. The van der Waals surface area contributed by atoms with Gasteiger partial charge in [-0.1, -0.05) is 39.5 Å². The monoisotopic (exact) mass is 373 g/mol. The first-order valence-corrected chi connectivity index (χ1v) is 10.5. The molecule has 1 aromatic carbocycles. The third-order valence-corrected chi connectivity index (χ3v) is 5.18. The largest absolute Gasteiger partial charge is 0.481 e. The SMILES string of the molecule is CCCCCN(CCCCC)c1ccc2c(c1)nc(CCCC(=O)O)n2C. The molecule has 0 aliphatic heterocycles. The van der Waals surface area contributed by atoms with Gasteiger partial charge >= 0.3 is 5.97 Å². The number of benzene rings is 1. The number of fused-ring (bicyclic) bond motifs is 1. The number of unbranched alkanes of at least 4 members (excludes halogenated alkanes) is 4. The van der Waals surface area contributed by atoms with Crippen molar-refractivity contribution in [1.29, 1.82) is 0 Å². The van der Waals surface area contributed by atoms with E-state index >= 15 is 0 Å². The first-order valence-electron chi connectivity index (χ1n) is 10.5. The van der Waals surface area contributed by atoms with E-state index in [9.17, 15) is 4.79 Å². The van der Waals surface area contributed by atoms with Crippen LogP contribution in [0.1, 0.15) is 71.0 Å². The molecule has 5 heteroatoms. The van der Waals surface area contributed by atoms with Crippen LogP contribution in [0, 0.1) is 0 Å². The quantitative estimate of drug-likeness (QED) is 0.492. The molecule has 1 aromatic heterocycles. The summed E-state index contributed by atoms with van der Waals surface area (Å²) in [7, 11) is 2.02. The lowest BCUT2D eigenvalue weighted by molar-refractivity contribution is -0.137. The second kappa shape index (κ2) is 11.0. The molecule has 0 saturated carbocycles. The van der Waals surface area contributed by atoms with E-state index in [1.165, 1.54) is 44.2 Å². The van der Waals surface area contributed by atoms with Crippen molar-refractivity contribution in [2.24, 2.45) is 7.05 Å². The maximum atomic E-state index is 10.7. The molecule has 5 nitrogen and oxygen atoms in total. The second-order valence-electron chi connectivity index (χ2n) is 7.41. The fraction of sp³-hybridized carbons (Fsp3) is 0.636. The molecule has 2 aromatic rings. The van der Waals surface area contributed by atoms with Gasteiger partial charge in [-0.05, 0) is 37.5 Å². The number of imidazole rings is 1. The van der Waals surface area contributed by atoms with Gasteiger partial charge in [-0.2, -0.15) is 0 Å². The van der Waals surface area contributed by atoms with E-state index in [1.54, 1.807) is 0 Å². The van der Waals surface area contributed by atoms with Gasteiger partial charge in [0.1, 0.15) is 5.82 Å². The van der Waals surface area contributed by atoms with Crippen molar-refractivity contribution < 1.29 is 9.90 Å². The summed E-state index contributed by atoms with van der Waals surface area (Å²) in [6.07, 6.45) is 8.98. The minimum atomic E-state index is -0.745. The van der Waals surface area contributed by atoms with Crippen LogP contribution in [0.2, 0.25) is 0 Å². The van der Waals surface area contributed by atoms with E-state index in [1.807, 2.05) is 7.05 Å². The van der Waals surface area contributed by atoms with E-state index in [0.717, 1.165) is 29.9 Å². The fourth-order valence-electron chi connectivity index (χ4n) is 3.53. The summed E-state index contributed by atoms with van der Waals surface area (Å²) >= 11 is 0. The van der Waals surface area contributed by atoms with E-state index < -0.39 is 5.97 Å². The van der Waals surface area contributed by atoms with Crippen LogP contribution in [-0.2, 0) is 18.3 Å². The number of nitrogens with zero attached hydrogens (tertiary/aromatic N) is 3. The van der Waals surface area contributed by atoms with Crippen molar-refractivity contribution >= 4 is 22.7 Å². The number of aryl methyl sites for hydroxylation is 2. The molecule has 0 bridgehead atoms. The zero-order valence-electron chi connectivity index (χ0n) is 17.2. The topological polar surface area (TPSA) is 58.4 Å². The van der Waals surface area contributed by atoms with Crippen molar-refractivity contribution in [1.82, 2.24) is 9.55 Å². The molecule has 2 rings (SSSR count). The lowest BCUT2D eigenvalue weighted by atomic mass is 10.2. The summed E-state index contributed by atoms with van der Waals surface area (Å²) in [5.41, 5.74) is 3.38. The van der Waals surface area contributed by atoms with Crippen LogP contribution in [0.5, 0.6) is 0 Å². The second-order valence-corrected chi connectivity index (χ2v) is 7.41. The minimum absolute atomic E-state index is 0.192. The van der Waals surface area contributed by atoms with Gasteiger partial charge in [-0.15, -0.1) is 0 Å². The Bertz CT molecular complexity index is 714. The van der Waals surface area contributed by atoms with E-state index in [2.05, 4.69) is 41.5 Å². The van der Waals surface area contributed by atoms with E-state index in [4.69, 9.17) is 10.1 Å². The summed E-state index contributed by atoms with van der Waals surface area (Å²) in [5, 5.41) is 8.84. The highest BCUT2D eigenvalue weighted by Gasteiger charge is 2.12. The minimum Gasteiger partial charge on any atom is -0.481 e. The van der Waals surface area contributed by atoms with Crippen molar-refractivity contribution in [3.05, 3.63) is 24.0 Å². The summed E-state index contributed by atoms with van der Waals surface area (Å²) in [4.78, 5) is 18.0.